The van der Waals surface area contributed by atoms with Crippen LogP contribution in [0.1, 0.15) is 33.1 Å². The molecule has 3 heterocycles. The second-order valence-corrected chi connectivity index (χ2v) is 7.52. The zero-order valence-corrected chi connectivity index (χ0v) is 13.2. The van der Waals surface area contributed by atoms with E-state index in [1.807, 2.05) is 11.6 Å². The summed E-state index contributed by atoms with van der Waals surface area (Å²) in [5.74, 6) is 0.922. The molecule has 1 spiro atoms. The topological polar surface area (TPSA) is 36.4 Å². The fraction of sp³-hybridized carbons (Fsp3) is 0.733. The summed E-state index contributed by atoms with van der Waals surface area (Å²) in [6.45, 7) is 8.33. The van der Waals surface area contributed by atoms with Crippen molar-refractivity contribution in [3.8, 4) is 0 Å². The zero-order valence-electron chi connectivity index (χ0n) is 12.3. The van der Waals surface area contributed by atoms with E-state index in [4.69, 9.17) is 0 Å². The van der Waals surface area contributed by atoms with Crippen LogP contribution in [0.2, 0.25) is 0 Å². The van der Waals surface area contributed by atoms with Crippen molar-refractivity contribution in [2.45, 2.75) is 33.1 Å². The first-order chi connectivity index (χ1) is 9.58. The van der Waals surface area contributed by atoms with E-state index in [1.165, 1.54) is 0 Å². The highest BCUT2D eigenvalue weighted by molar-refractivity contribution is 7.13. The number of rotatable bonds is 3. The Morgan fingerprint density at radius 2 is 2.15 bits per heavy atom. The summed E-state index contributed by atoms with van der Waals surface area (Å²) in [5.41, 5.74) is 0.236. The van der Waals surface area contributed by atoms with Gasteiger partial charge < -0.3 is 9.80 Å². The fourth-order valence-electron chi connectivity index (χ4n) is 3.47. The van der Waals surface area contributed by atoms with E-state index in [0.717, 1.165) is 50.6 Å². The number of likely N-dealkylation sites (tertiary alicyclic amines) is 1. The number of hydrogen-bond acceptors (Lipinski definition) is 4. The molecule has 1 aromatic heterocycles. The molecule has 0 saturated carbocycles. The maximum Gasteiger partial charge on any atom is 0.223 e. The van der Waals surface area contributed by atoms with E-state index in [-0.39, 0.29) is 5.41 Å². The van der Waals surface area contributed by atoms with E-state index in [2.05, 4.69) is 28.6 Å². The van der Waals surface area contributed by atoms with Crippen LogP contribution in [0.15, 0.2) is 11.6 Å². The first-order valence-electron chi connectivity index (χ1n) is 7.50. The Morgan fingerprint density at radius 3 is 2.75 bits per heavy atom. The van der Waals surface area contributed by atoms with Gasteiger partial charge in [0.2, 0.25) is 5.91 Å². The number of carbonyl (C=O) groups is 1. The van der Waals surface area contributed by atoms with Gasteiger partial charge in [0.1, 0.15) is 0 Å². The first kappa shape index (κ1) is 13.9. The quantitative estimate of drug-likeness (QED) is 0.859. The van der Waals surface area contributed by atoms with Crippen LogP contribution >= 0.6 is 11.3 Å². The molecule has 4 nitrogen and oxygen atoms in total. The van der Waals surface area contributed by atoms with Crippen molar-refractivity contribution in [1.82, 2.24) is 9.88 Å². The van der Waals surface area contributed by atoms with Gasteiger partial charge in [-0.3, -0.25) is 4.79 Å². The number of piperidine rings is 1. The van der Waals surface area contributed by atoms with E-state index in [0.29, 0.717) is 11.8 Å². The molecule has 5 heteroatoms. The molecular weight excluding hydrogens is 270 g/mol. The molecule has 2 fully saturated rings. The second kappa shape index (κ2) is 5.35. The van der Waals surface area contributed by atoms with Crippen molar-refractivity contribution in [1.29, 1.82) is 0 Å². The molecule has 1 amide bonds. The third-order valence-corrected chi connectivity index (χ3v) is 5.34. The lowest BCUT2D eigenvalue weighted by atomic mass is 9.78. The van der Waals surface area contributed by atoms with Gasteiger partial charge in [-0.25, -0.2) is 4.98 Å². The number of amides is 1. The number of anilines is 1. The zero-order chi connectivity index (χ0) is 14.2. The van der Waals surface area contributed by atoms with Crippen LogP contribution in [0, 0.1) is 11.3 Å². The molecule has 0 radical (unpaired) electrons. The van der Waals surface area contributed by atoms with Gasteiger partial charge in [0.05, 0.1) is 0 Å². The normalized spacial score (nSPS) is 22.2. The smallest absolute Gasteiger partial charge is 0.223 e. The van der Waals surface area contributed by atoms with Crippen molar-refractivity contribution in [2.75, 3.05) is 31.1 Å². The van der Waals surface area contributed by atoms with Gasteiger partial charge in [0.25, 0.3) is 0 Å². The van der Waals surface area contributed by atoms with Crippen LogP contribution in [-0.4, -0.2) is 42.0 Å². The van der Waals surface area contributed by atoms with Gasteiger partial charge >= 0.3 is 0 Å². The fourth-order valence-corrected chi connectivity index (χ4v) is 4.16. The second-order valence-electron chi connectivity index (χ2n) is 6.65. The Balaban J connectivity index is 1.61. The largest absolute Gasteiger partial charge is 0.348 e. The molecule has 0 aromatic carbocycles. The molecule has 0 bridgehead atoms. The van der Waals surface area contributed by atoms with Gasteiger partial charge in [-0.15, -0.1) is 11.3 Å². The predicted molar refractivity (Wildman–Crippen MR) is 82.0 cm³/mol. The van der Waals surface area contributed by atoms with Crippen molar-refractivity contribution >= 4 is 22.4 Å². The third-order valence-electron chi connectivity index (χ3n) is 4.50. The van der Waals surface area contributed by atoms with E-state index >= 15 is 0 Å². The molecule has 20 heavy (non-hydrogen) atoms. The number of hydrogen-bond donors (Lipinski definition) is 0. The summed E-state index contributed by atoms with van der Waals surface area (Å²) >= 11 is 1.71. The minimum atomic E-state index is 0.236. The minimum absolute atomic E-state index is 0.236. The van der Waals surface area contributed by atoms with Crippen molar-refractivity contribution in [3.05, 3.63) is 11.6 Å². The lowest BCUT2D eigenvalue weighted by molar-refractivity contribution is -0.128. The van der Waals surface area contributed by atoms with E-state index < -0.39 is 0 Å². The Bertz CT molecular complexity index is 463. The van der Waals surface area contributed by atoms with Crippen LogP contribution in [0.5, 0.6) is 0 Å². The number of aromatic nitrogens is 1. The van der Waals surface area contributed by atoms with E-state index in [9.17, 15) is 4.79 Å². The molecule has 2 aliphatic rings. The lowest BCUT2D eigenvalue weighted by Gasteiger charge is -2.38. The standard InChI is InChI=1S/C15H23N3OS/c1-12(2)10-18-11-15(9-13(18)19)3-6-17(7-4-15)14-16-5-8-20-14/h5,8,12H,3-4,6-7,9-11H2,1-2H3. The molecule has 2 aliphatic heterocycles. The molecule has 0 N–H and O–H groups in total. The van der Waals surface area contributed by atoms with Crippen molar-refractivity contribution in [3.63, 3.8) is 0 Å². The number of thiazole rings is 1. The maximum atomic E-state index is 12.2. The Morgan fingerprint density at radius 1 is 1.40 bits per heavy atom. The molecule has 0 unspecified atom stereocenters. The molecule has 0 aliphatic carbocycles. The third kappa shape index (κ3) is 2.68. The minimum Gasteiger partial charge on any atom is -0.348 e. The monoisotopic (exact) mass is 293 g/mol. The average Bonchev–Trinajstić information content (AvgIpc) is 3.00. The van der Waals surface area contributed by atoms with Gasteiger partial charge in [-0.1, -0.05) is 13.8 Å². The van der Waals surface area contributed by atoms with Crippen LogP contribution < -0.4 is 4.90 Å². The van der Waals surface area contributed by atoms with Gasteiger partial charge in [0, 0.05) is 49.6 Å². The average molecular weight is 293 g/mol. The summed E-state index contributed by atoms with van der Waals surface area (Å²) < 4.78 is 0. The number of nitrogens with zero attached hydrogens (tertiary/aromatic N) is 3. The summed E-state index contributed by atoms with van der Waals surface area (Å²) in [7, 11) is 0. The molecule has 1 aromatic rings. The molecular formula is C15H23N3OS. The van der Waals surface area contributed by atoms with Crippen molar-refractivity contribution in [2.24, 2.45) is 11.3 Å². The SMILES string of the molecule is CC(C)CN1CC2(CCN(c3nccs3)CC2)CC1=O. The highest BCUT2D eigenvalue weighted by Crippen LogP contribution is 2.42. The lowest BCUT2D eigenvalue weighted by Crippen LogP contribution is -2.42. The summed E-state index contributed by atoms with van der Waals surface area (Å²) in [6, 6.07) is 0. The maximum absolute atomic E-state index is 12.2. The van der Waals surface area contributed by atoms with Gasteiger partial charge in [0.15, 0.2) is 5.13 Å². The summed E-state index contributed by atoms with van der Waals surface area (Å²) in [6.07, 6.45) is 4.86. The van der Waals surface area contributed by atoms with Crippen LogP contribution in [0.4, 0.5) is 5.13 Å². The highest BCUT2D eigenvalue weighted by atomic mass is 32.1. The van der Waals surface area contributed by atoms with Crippen LogP contribution in [-0.2, 0) is 4.79 Å². The first-order valence-corrected chi connectivity index (χ1v) is 8.38. The molecule has 110 valence electrons. The summed E-state index contributed by atoms with van der Waals surface area (Å²) in [5, 5.41) is 3.16. The van der Waals surface area contributed by atoms with Crippen molar-refractivity contribution < 1.29 is 4.79 Å². The van der Waals surface area contributed by atoms with E-state index in [1.54, 1.807) is 11.3 Å². The predicted octanol–water partition coefficient (Wildman–Crippen LogP) is 2.62. The van der Waals surface area contributed by atoms with Gasteiger partial charge in [-0.2, -0.15) is 0 Å². The highest BCUT2D eigenvalue weighted by Gasteiger charge is 2.44. The Labute approximate surface area is 124 Å². The van der Waals surface area contributed by atoms with Crippen LogP contribution in [0.25, 0.3) is 0 Å². The summed E-state index contributed by atoms with van der Waals surface area (Å²) in [4.78, 5) is 21.0. The Hall–Kier alpha value is -1.10. The molecule has 0 atom stereocenters. The van der Waals surface area contributed by atoms with Gasteiger partial charge in [-0.05, 0) is 18.8 Å². The molecule has 3 rings (SSSR count). The molecule has 2 saturated heterocycles. The van der Waals surface area contributed by atoms with Crippen LogP contribution in [0.3, 0.4) is 0 Å². The number of carbonyl (C=O) groups excluding carboxylic acids is 1. The Kier molecular flexibility index (Phi) is 3.71.